The van der Waals surface area contributed by atoms with Crippen molar-refractivity contribution in [1.82, 2.24) is 9.03 Å². The van der Waals surface area contributed by atoms with Gasteiger partial charge in [0.25, 0.3) is 0 Å². The van der Waals surface area contributed by atoms with Gasteiger partial charge < -0.3 is 10.6 Å². The summed E-state index contributed by atoms with van der Waals surface area (Å²) in [4.78, 5) is 26.1. The second-order valence-corrected chi connectivity index (χ2v) is 15.3. The molecule has 0 unspecified atom stereocenters. The van der Waals surface area contributed by atoms with E-state index in [1.54, 1.807) is 75.4 Å². The Labute approximate surface area is 255 Å². The maximum Gasteiger partial charge on any atom is 0.244 e. The zero-order valence-corrected chi connectivity index (χ0v) is 26.3. The van der Waals surface area contributed by atoms with E-state index in [1.165, 1.54) is 12.1 Å². The summed E-state index contributed by atoms with van der Waals surface area (Å²) in [6.07, 6.45) is 0.961. The fourth-order valence-corrected chi connectivity index (χ4v) is 7.50. The highest BCUT2D eigenvalue weighted by Crippen LogP contribution is 2.35. The Hall–Kier alpha value is -3.36. The van der Waals surface area contributed by atoms with E-state index in [-0.39, 0.29) is 18.7 Å². The number of anilines is 2. The molecule has 1 aliphatic rings. The van der Waals surface area contributed by atoms with Crippen molar-refractivity contribution in [3.8, 4) is 11.1 Å². The summed E-state index contributed by atoms with van der Waals surface area (Å²) >= 11 is 5.90. The minimum absolute atomic E-state index is 0.0807. The third-order valence-electron chi connectivity index (χ3n) is 6.69. The van der Waals surface area contributed by atoms with Crippen LogP contribution in [0.4, 0.5) is 15.8 Å². The zero-order valence-electron chi connectivity index (χ0n) is 23.9. The third kappa shape index (κ3) is 7.78. The number of nitrogens with zero attached hydrogens (tertiary/aromatic N) is 1. The van der Waals surface area contributed by atoms with Crippen molar-refractivity contribution in [3.05, 3.63) is 77.6 Å². The van der Waals surface area contributed by atoms with Gasteiger partial charge in [0, 0.05) is 34.9 Å². The van der Waals surface area contributed by atoms with Crippen molar-refractivity contribution in [2.75, 3.05) is 30.0 Å². The number of nitrogens with one attached hydrogen (secondary N) is 3. The molecule has 0 spiro atoms. The van der Waals surface area contributed by atoms with Crippen molar-refractivity contribution in [1.29, 1.82) is 0 Å². The molecule has 0 aromatic heterocycles. The molecule has 2 atom stereocenters. The van der Waals surface area contributed by atoms with Crippen LogP contribution >= 0.6 is 11.6 Å². The van der Waals surface area contributed by atoms with E-state index < -0.39 is 65.6 Å². The molecular weight excluding hydrogens is 619 g/mol. The van der Waals surface area contributed by atoms with Gasteiger partial charge in [-0.15, -0.1) is 0 Å². The first-order valence-corrected chi connectivity index (χ1v) is 16.9. The van der Waals surface area contributed by atoms with E-state index in [0.717, 1.165) is 10.6 Å². The number of carbonyl (C=O) groups excluding carboxylic acids is 2. The van der Waals surface area contributed by atoms with Gasteiger partial charge in [-0.3, -0.25) is 9.59 Å². The molecule has 0 radical (unpaired) electrons. The number of rotatable bonds is 8. The molecule has 2 amide bonds. The molecule has 43 heavy (non-hydrogen) atoms. The average Bonchev–Trinajstić information content (AvgIpc) is 3.37. The van der Waals surface area contributed by atoms with E-state index in [4.69, 9.17) is 11.6 Å². The molecule has 0 saturated carbocycles. The van der Waals surface area contributed by atoms with Crippen LogP contribution in [0.2, 0.25) is 5.02 Å². The summed E-state index contributed by atoms with van der Waals surface area (Å²) in [7, 11) is -8.21. The lowest BCUT2D eigenvalue weighted by atomic mass is 9.94. The molecule has 1 fully saturated rings. The first kappa shape index (κ1) is 32.6. The van der Waals surface area contributed by atoms with Gasteiger partial charge in [0.1, 0.15) is 4.90 Å². The van der Waals surface area contributed by atoms with E-state index in [0.29, 0.717) is 16.3 Å². The molecular formula is C29H32ClFN4O6S2. The summed E-state index contributed by atoms with van der Waals surface area (Å²) in [5, 5.41) is 5.51. The van der Waals surface area contributed by atoms with Gasteiger partial charge in [-0.25, -0.2) is 30.3 Å². The lowest BCUT2D eigenvalue weighted by Crippen LogP contribution is -2.41. The molecule has 3 aromatic rings. The summed E-state index contributed by atoms with van der Waals surface area (Å²) in [5.41, 5.74) is -0.477. The van der Waals surface area contributed by atoms with Crippen LogP contribution in [0.25, 0.3) is 11.1 Å². The van der Waals surface area contributed by atoms with Crippen molar-refractivity contribution in [2.24, 2.45) is 11.8 Å². The minimum Gasteiger partial charge on any atom is -0.326 e. The highest BCUT2D eigenvalue weighted by atomic mass is 35.5. The largest absolute Gasteiger partial charge is 0.326 e. The molecule has 14 heteroatoms. The van der Waals surface area contributed by atoms with Crippen LogP contribution in [0.15, 0.2) is 71.6 Å². The van der Waals surface area contributed by atoms with Crippen molar-refractivity contribution in [3.63, 3.8) is 0 Å². The molecule has 10 nitrogen and oxygen atoms in total. The van der Waals surface area contributed by atoms with E-state index in [1.807, 2.05) is 0 Å². The van der Waals surface area contributed by atoms with Crippen LogP contribution in [-0.4, -0.2) is 57.8 Å². The van der Waals surface area contributed by atoms with Crippen molar-refractivity contribution in [2.45, 2.75) is 31.2 Å². The number of carbonyl (C=O) groups is 2. The Bertz CT molecular complexity index is 1750. The molecule has 3 aromatic carbocycles. The highest BCUT2D eigenvalue weighted by Gasteiger charge is 2.45. The second-order valence-electron chi connectivity index (χ2n) is 11.3. The van der Waals surface area contributed by atoms with Gasteiger partial charge in [-0.05, 0) is 56.7 Å². The maximum absolute atomic E-state index is 16.1. The molecule has 1 saturated heterocycles. The Morgan fingerprint density at radius 2 is 1.42 bits per heavy atom. The highest BCUT2D eigenvalue weighted by molar-refractivity contribution is 7.89. The summed E-state index contributed by atoms with van der Waals surface area (Å²) in [6, 6.07) is 17.2. The first-order chi connectivity index (χ1) is 20.0. The molecule has 1 heterocycles. The molecule has 0 aliphatic carbocycles. The first-order valence-electron chi connectivity index (χ1n) is 13.2. The fourth-order valence-electron chi connectivity index (χ4n) is 4.78. The molecule has 230 valence electrons. The van der Waals surface area contributed by atoms with Crippen LogP contribution in [0, 0.1) is 17.7 Å². The quantitative estimate of drug-likeness (QED) is 0.332. The number of amides is 2. The Balaban J connectivity index is 1.70. The van der Waals surface area contributed by atoms with Gasteiger partial charge in [0.15, 0.2) is 5.82 Å². The molecule has 1 aliphatic heterocycles. The second kappa shape index (κ2) is 12.3. The van der Waals surface area contributed by atoms with Crippen LogP contribution in [0.3, 0.4) is 0 Å². The number of hydrogen-bond acceptors (Lipinski definition) is 6. The minimum atomic E-state index is -4.43. The Kier molecular flexibility index (Phi) is 9.33. The van der Waals surface area contributed by atoms with Crippen LogP contribution < -0.4 is 15.4 Å². The lowest BCUT2D eigenvalue weighted by Gasteiger charge is -2.23. The molecule has 3 N–H and O–H groups in total. The zero-order chi connectivity index (χ0) is 31.7. The lowest BCUT2D eigenvalue weighted by molar-refractivity contribution is -0.127. The van der Waals surface area contributed by atoms with Crippen molar-refractivity contribution >= 4 is 54.8 Å². The SMILES string of the molecule is CC(C)(C)NS(=O)(=O)c1c(-c2ccccc2)ccc(NC(=O)[C@H]2CN(S(C)(=O)=O)C[C@@H]2C(=O)Nc2ccc(Cl)cc2)c1F. The number of sulfonamides is 2. The predicted molar refractivity (Wildman–Crippen MR) is 164 cm³/mol. The smallest absolute Gasteiger partial charge is 0.244 e. The molecule has 4 rings (SSSR count). The van der Waals surface area contributed by atoms with Gasteiger partial charge >= 0.3 is 0 Å². The van der Waals surface area contributed by atoms with Crippen molar-refractivity contribution < 1.29 is 30.8 Å². The summed E-state index contributed by atoms with van der Waals surface area (Å²) in [5.74, 6) is -5.00. The van der Waals surface area contributed by atoms with Gasteiger partial charge in [0.05, 0.1) is 23.8 Å². The number of benzene rings is 3. The predicted octanol–water partition coefficient (Wildman–Crippen LogP) is 4.31. The van der Waals surface area contributed by atoms with E-state index in [9.17, 15) is 26.4 Å². The average molecular weight is 651 g/mol. The van der Waals surface area contributed by atoms with Crippen LogP contribution in [-0.2, 0) is 29.6 Å². The van der Waals surface area contributed by atoms with Crippen LogP contribution in [0.5, 0.6) is 0 Å². The monoisotopic (exact) mass is 650 g/mol. The van der Waals surface area contributed by atoms with Gasteiger partial charge in [-0.1, -0.05) is 48.0 Å². The number of hydrogen-bond donors (Lipinski definition) is 3. The molecule has 0 bridgehead atoms. The standard InChI is InChI=1S/C29H32ClFN4O6S2/c1-29(2,3)34-43(40,41)26-21(18-8-6-5-7-9-18)14-15-24(25(26)31)33-28(37)23-17-35(42(4,38)39)16-22(23)27(36)32-20-12-10-19(30)11-13-20/h5-15,22-23,34H,16-17H2,1-4H3,(H,32,36)(H,33,37)/t22-,23-/m0/s1. The summed E-state index contributed by atoms with van der Waals surface area (Å²) < 4.78 is 71.2. The normalized spacial score (nSPS) is 17.9. The Morgan fingerprint density at radius 3 is 1.95 bits per heavy atom. The van der Waals surface area contributed by atoms with Gasteiger partial charge in [0.2, 0.25) is 31.9 Å². The van der Waals surface area contributed by atoms with E-state index >= 15 is 4.39 Å². The number of halogens is 2. The summed E-state index contributed by atoms with van der Waals surface area (Å²) in [6.45, 7) is 4.22. The fraction of sp³-hybridized carbons (Fsp3) is 0.310. The van der Waals surface area contributed by atoms with Crippen LogP contribution in [0.1, 0.15) is 20.8 Å². The maximum atomic E-state index is 16.1. The van der Waals surface area contributed by atoms with E-state index in [2.05, 4.69) is 15.4 Å². The topological polar surface area (TPSA) is 142 Å². The third-order valence-corrected chi connectivity index (χ3v) is 10.00. The Morgan fingerprint density at radius 1 is 0.860 bits per heavy atom. The van der Waals surface area contributed by atoms with Gasteiger partial charge in [-0.2, -0.15) is 0 Å².